The number of allylic oxidation sites excluding steroid dienone is 4. The summed E-state index contributed by atoms with van der Waals surface area (Å²) < 4.78 is 7.60. The first-order valence-electron chi connectivity index (χ1n) is 15.6. The topological polar surface area (TPSA) is 80.8 Å². The van der Waals surface area contributed by atoms with Gasteiger partial charge in [0.05, 0.1) is 18.2 Å². The quantitative estimate of drug-likeness (QED) is 0.157. The molecule has 0 saturated carbocycles. The van der Waals surface area contributed by atoms with Gasteiger partial charge in [-0.05, 0) is 121 Å². The summed E-state index contributed by atoms with van der Waals surface area (Å²) in [6.45, 7) is 4.86. The lowest BCUT2D eigenvalue weighted by molar-refractivity contribution is 0.0885. The molecule has 0 N–H and O–H groups in total. The maximum absolute atomic E-state index is 12.6. The molecule has 0 unspecified atom stereocenters. The van der Waals surface area contributed by atoms with Crippen LogP contribution in [0, 0.1) is 17.2 Å². The molecule has 0 bridgehead atoms. The smallest absolute Gasteiger partial charge is 0.248 e. The van der Waals surface area contributed by atoms with Crippen LogP contribution in [-0.4, -0.2) is 27.5 Å². The molecular weight excluding hydrogens is 532 g/mol. The molecule has 2 aliphatic carbocycles. The number of unbranched alkanes of at least 4 members (excludes halogenated alkanes) is 2. The first-order valence-corrected chi connectivity index (χ1v) is 15.6. The Morgan fingerprint density at radius 3 is 2.63 bits per heavy atom. The molecular formula is C37H38N4O2. The Kier molecular flexibility index (Phi) is 8.51. The molecule has 218 valence electrons. The molecule has 6 heteroatoms. The molecule has 1 aromatic heterocycles. The molecule has 3 aromatic carbocycles. The predicted molar refractivity (Wildman–Crippen MR) is 171 cm³/mol. The molecule has 43 heavy (non-hydrogen) atoms. The highest BCUT2D eigenvalue weighted by molar-refractivity contribution is 6.01. The molecule has 6 nitrogen and oxygen atoms in total. The van der Waals surface area contributed by atoms with E-state index in [-0.39, 0.29) is 11.8 Å². The van der Waals surface area contributed by atoms with Gasteiger partial charge in [0.2, 0.25) is 5.91 Å². The SMILES string of the molecule is CC(C)/C(C#N)=C1/CCc2cc(OCCCCCC(=O)n3nnc4ccccc43)ccc2/C1=C1/CCCc2ccccc21. The highest BCUT2D eigenvalue weighted by Crippen LogP contribution is 2.46. The first-order chi connectivity index (χ1) is 21.0. The van der Waals surface area contributed by atoms with Crippen LogP contribution in [0.3, 0.4) is 0 Å². The van der Waals surface area contributed by atoms with Crippen molar-refractivity contribution in [3.05, 3.63) is 100 Å². The van der Waals surface area contributed by atoms with Gasteiger partial charge in [0.25, 0.3) is 0 Å². The van der Waals surface area contributed by atoms with Gasteiger partial charge in [0.15, 0.2) is 0 Å². The molecule has 0 amide bonds. The zero-order valence-corrected chi connectivity index (χ0v) is 25.1. The largest absolute Gasteiger partial charge is 0.494 e. The normalized spacial score (nSPS) is 17.3. The van der Waals surface area contributed by atoms with Gasteiger partial charge in [-0.3, -0.25) is 4.79 Å². The first kappa shape index (κ1) is 28.6. The van der Waals surface area contributed by atoms with Crippen molar-refractivity contribution in [1.82, 2.24) is 15.0 Å². The molecule has 0 radical (unpaired) electrons. The Labute approximate surface area is 253 Å². The Morgan fingerprint density at radius 2 is 1.77 bits per heavy atom. The molecule has 4 aromatic rings. The van der Waals surface area contributed by atoms with Crippen molar-refractivity contribution < 1.29 is 9.53 Å². The third-order valence-corrected chi connectivity index (χ3v) is 8.72. The van der Waals surface area contributed by atoms with Crippen LogP contribution in [-0.2, 0) is 12.8 Å². The number of carbonyl (C=O) groups is 1. The Balaban J connectivity index is 1.15. The summed E-state index contributed by atoms with van der Waals surface area (Å²) in [5, 5.41) is 18.3. The highest BCUT2D eigenvalue weighted by atomic mass is 16.5. The van der Waals surface area contributed by atoms with Crippen LogP contribution in [0.5, 0.6) is 5.75 Å². The predicted octanol–water partition coefficient (Wildman–Crippen LogP) is 8.38. The van der Waals surface area contributed by atoms with Crippen LogP contribution >= 0.6 is 0 Å². The van der Waals surface area contributed by atoms with E-state index in [1.165, 1.54) is 43.7 Å². The number of fused-ring (bicyclic) bond motifs is 3. The van der Waals surface area contributed by atoms with Crippen LogP contribution in [0.4, 0.5) is 0 Å². The Bertz CT molecular complexity index is 1770. The van der Waals surface area contributed by atoms with Crippen molar-refractivity contribution in [1.29, 1.82) is 5.26 Å². The molecule has 0 aliphatic heterocycles. The van der Waals surface area contributed by atoms with E-state index in [1.807, 2.05) is 24.3 Å². The van der Waals surface area contributed by atoms with E-state index in [0.717, 1.165) is 73.7 Å². The third kappa shape index (κ3) is 5.90. The van der Waals surface area contributed by atoms with E-state index in [4.69, 9.17) is 4.74 Å². The van der Waals surface area contributed by atoms with E-state index in [9.17, 15) is 10.1 Å². The minimum Gasteiger partial charge on any atom is -0.494 e. The fourth-order valence-corrected chi connectivity index (χ4v) is 6.60. The van der Waals surface area contributed by atoms with Crippen molar-refractivity contribution in [3.8, 4) is 11.8 Å². The number of para-hydroxylation sites is 1. The highest BCUT2D eigenvalue weighted by Gasteiger charge is 2.28. The molecule has 6 rings (SSSR count). The summed E-state index contributed by atoms with van der Waals surface area (Å²) in [5.74, 6) is 1.04. The molecule has 0 atom stereocenters. The summed E-state index contributed by atoms with van der Waals surface area (Å²) in [5.41, 5.74) is 11.6. The van der Waals surface area contributed by atoms with Gasteiger partial charge in [0, 0.05) is 12.0 Å². The van der Waals surface area contributed by atoms with Crippen molar-refractivity contribution in [2.75, 3.05) is 6.61 Å². The fourth-order valence-electron chi connectivity index (χ4n) is 6.60. The summed E-state index contributed by atoms with van der Waals surface area (Å²) >= 11 is 0. The number of aromatic nitrogens is 3. The second-order valence-electron chi connectivity index (χ2n) is 11.9. The fraction of sp³-hybridized carbons (Fsp3) is 0.351. The third-order valence-electron chi connectivity index (χ3n) is 8.72. The number of nitriles is 1. The number of ether oxygens (including phenoxy) is 1. The zero-order chi connectivity index (χ0) is 29.8. The van der Waals surface area contributed by atoms with Gasteiger partial charge < -0.3 is 4.74 Å². The lowest BCUT2D eigenvalue weighted by Gasteiger charge is -2.30. The number of aryl methyl sites for hydroxylation is 2. The van der Waals surface area contributed by atoms with E-state index in [1.54, 1.807) is 0 Å². The van der Waals surface area contributed by atoms with Crippen molar-refractivity contribution in [2.45, 2.75) is 71.6 Å². The second-order valence-corrected chi connectivity index (χ2v) is 11.9. The molecule has 2 aliphatic rings. The average Bonchev–Trinajstić information content (AvgIpc) is 3.47. The average molecular weight is 571 g/mol. The number of rotatable bonds is 8. The van der Waals surface area contributed by atoms with Crippen molar-refractivity contribution >= 4 is 28.1 Å². The monoisotopic (exact) mass is 570 g/mol. The molecule has 1 heterocycles. The van der Waals surface area contributed by atoms with Gasteiger partial charge in [-0.2, -0.15) is 9.94 Å². The van der Waals surface area contributed by atoms with Crippen molar-refractivity contribution in [2.24, 2.45) is 5.92 Å². The minimum absolute atomic E-state index is 0.0275. The van der Waals surface area contributed by atoms with Gasteiger partial charge in [-0.1, -0.05) is 61.5 Å². The molecule has 0 fully saturated rings. The maximum Gasteiger partial charge on any atom is 0.248 e. The van der Waals surface area contributed by atoms with Crippen LogP contribution < -0.4 is 4.74 Å². The zero-order valence-electron chi connectivity index (χ0n) is 25.1. The van der Waals surface area contributed by atoms with E-state index >= 15 is 0 Å². The van der Waals surface area contributed by atoms with Crippen LogP contribution in [0.1, 0.15) is 85.8 Å². The van der Waals surface area contributed by atoms with Gasteiger partial charge in [-0.15, -0.1) is 5.10 Å². The number of carbonyl (C=O) groups excluding carboxylic acids is 1. The lowest BCUT2D eigenvalue weighted by Crippen LogP contribution is -2.13. The summed E-state index contributed by atoms with van der Waals surface area (Å²) in [7, 11) is 0. The van der Waals surface area contributed by atoms with Gasteiger partial charge in [0.1, 0.15) is 11.3 Å². The standard InChI is InChI=1S/C37H38N4O2/c1-25(2)33(24-38)32-20-18-27-23-28(19-21-30(27)37(32)31-14-10-12-26-11-5-6-13-29(26)31)43-22-9-3-4-17-36(42)41-35-16-8-7-15-34(35)39-40-41/h5-8,11,13,15-16,19,21,23,25H,3-4,9-10,12,14,17-18,20,22H2,1-2H3/b33-32-,37-31+. The van der Waals surface area contributed by atoms with Gasteiger partial charge >= 0.3 is 0 Å². The maximum atomic E-state index is 12.6. The minimum atomic E-state index is -0.0275. The van der Waals surface area contributed by atoms with Crippen molar-refractivity contribution in [3.63, 3.8) is 0 Å². The molecule has 0 saturated heterocycles. The number of nitrogens with zero attached hydrogens (tertiary/aromatic N) is 4. The second kappa shape index (κ2) is 12.8. The summed E-state index contributed by atoms with van der Waals surface area (Å²) in [6.07, 6.45) is 8.02. The lowest BCUT2D eigenvalue weighted by atomic mass is 9.73. The van der Waals surface area contributed by atoms with Gasteiger partial charge in [-0.25, -0.2) is 0 Å². The van der Waals surface area contributed by atoms with Crippen LogP contribution in [0.2, 0.25) is 0 Å². The summed E-state index contributed by atoms with van der Waals surface area (Å²) in [4.78, 5) is 12.6. The number of hydrogen-bond acceptors (Lipinski definition) is 5. The Morgan fingerprint density at radius 1 is 0.930 bits per heavy atom. The Hall–Kier alpha value is -4.50. The molecule has 0 spiro atoms. The van der Waals surface area contributed by atoms with E-state index in [0.29, 0.717) is 13.0 Å². The van der Waals surface area contributed by atoms with Crippen LogP contribution in [0.25, 0.3) is 22.2 Å². The van der Waals surface area contributed by atoms with Crippen LogP contribution in [0.15, 0.2) is 77.9 Å². The number of benzene rings is 3. The van der Waals surface area contributed by atoms with E-state index < -0.39 is 0 Å². The number of hydrogen-bond donors (Lipinski definition) is 0. The summed E-state index contributed by atoms with van der Waals surface area (Å²) in [6, 6.07) is 25.3. The van der Waals surface area contributed by atoms with E-state index in [2.05, 4.69) is 72.7 Å².